The maximum Gasteiger partial charge on any atom is 0.314 e. The van der Waals surface area contributed by atoms with E-state index in [9.17, 15) is 9.59 Å². The van der Waals surface area contributed by atoms with E-state index in [0.29, 0.717) is 12.3 Å². The molecule has 1 rings (SSSR count). The first-order valence-electron chi connectivity index (χ1n) is 7.35. The Bertz CT molecular complexity index is 555. The highest BCUT2D eigenvalue weighted by Crippen LogP contribution is 2.14. The molecule has 1 atom stereocenters. The highest BCUT2D eigenvalue weighted by Gasteiger charge is 2.17. The second kappa shape index (κ2) is 9.45. The van der Waals surface area contributed by atoms with Crippen LogP contribution in [0.25, 0.3) is 0 Å². The minimum atomic E-state index is -0.496. The molecule has 1 amide bonds. The van der Waals surface area contributed by atoms with Crippen molar-refractivity contribution in [1.29, 1.82) is 0 Å². The van der Waals surface area contributed by atoms with Crippen LogP contribution in [0.2, 0.25) is 0 Å². The third-order valence-electron chi connectivity index (χ3n) is 3.17. The smallest absolute Gasteiger partial charge is 0.314 e. The summed E-state index contributed by atoms with van der Waals surface area (Å²) in [4.78, 5) is 23.3. The lowest BCUT2D eigenvalue weighted by Crippen LogP contribution is -2.29. The van der Waals surface area contributed by atoms with Crippen LogP contribution in [0.5, 0.6) is 5.75 Å². The SMILES string of the molecule is CCOC(=O)C(C)/C(C)=N\NC(=O)CNc1ccc(OC)cc1. The molecular formula is C16H23N3O4. The van der Waals surface area contributed by atoms with Gasteiger partial charge in [-0.2, -0.15) is 5.10 Å². The van der Waals surface area contributed by atoms with Crippen LogP contribution in [0.4, 0.5) is 5.69 Å². The molecule has 0 aromatic heterocycles. The van der Waals surface area contributed by atoms with Crippen molar-refractivity contribution < 1.29 is 19.1 Å². The highest BCUT2D eigenvalue weighted by atomic mass is 16.5. The third kappa shape index (κ3) is 6.37. The number of hydrazone groups is 1. The van der Waals surface area contributed by atoms with Gasteiger partial charge < -0.3 is 14.8 Å². The molecular weight excluding hydrogens is 298 g/mol. The molecule has 0 saturated carbocycles. The average molecular weight is 321 g/mol. The molecule has 0 bridgehead atoms. The molecule has 0 spiro atoms. The maximum absolute atomic E-state index is 11.7. The van der Waals surface area contributed by atoms with Gasteiger partial charge in [0.05, 0.1) is 26.2 Å². The van der Waals surface area contributed by atoms with Crippen LogP contribution in [0.3, 0.4) is 0 Å². The lowest BCUT2D eigenvalue weighted by molar-refractivity contribution is -0.145. The summed E-state index contributed by atoms with van der Waals surface area (Å²) in [6, 6.07) is 7.21. The molecule has 2 N–H and O–H groups in total. The van der Waals surface area contributed by atoms with Gasteiger partial charge in [-0.1, -0.05) is 0 Å². The van der Waals surface area contributed by atoms with Crippen LogP contribution in [0.1, 0.15) is 20.8 Å². The van der Waals surface area contributed by atoms with E-state index in [4.69, 9.17) is 9.47 Å². The minimum absolute atomic E-state index is 0.0664. The monoisotopic (exact) mass is 321 g/mol. The normalized spacial score (nSPS) is 12.3. The largest absolute Gasteiger partial charge is 0.497 e. The van der Waals surface area contributed by atoms with E-state index in [1.807, 2.05) is 12.1 Å². The number of nitrogens with one attached hydrogen (secondary N) is 2. The Hall–Kier alpha value is -2.57. The van der Waals surface area contributed by atoms with E-state index < -0.39 is 5.92 Å². The Labute approximate surface area is 136 Å². The molecule has 0 radical (unpaired) electrons. The first kappa shape index (κ1) is 18.5. The second-order valence-electron chi connectivity index (χ2n) is 4.84. The van der Waals surface area contributed by atoms with Crippen LogP contribution in [-0.4, -0.2) is 37.8 Å². The van der Waals surface area contributed by atoms with Crippen molar-refractivity contribution in [1.82, 2.24) is 5.43 Å². The van der Waals surface area contributed by atoms with Gasteiger partial charge in [0.15, 0.2) is 0 Å². The fourth-order valence-corrected chi connectivity index (χ4v) is 1.62. The number of anilines is 1. The van der Waals surface area contributed by atoms with Gasteiger partial charge in [0, 0.05) is 11.4 Å². The summed E-state index contributed by atoms with van der Waals surface area (Å²) < 4.78 is 9.96. The van der Waals surface area contributed by atoms with Gasteiger partial charge in [-0.25, -0.2) is 5.43 Å². The number of esters is 1. The summed E-state index contributed by atoms with van der Waals surface area (Å²) in [6.07, 6.45) is 0. The molecule has 1 aromatic carbocycles. The van der Waals surface area contributed by atoms with Gasteiger partial charge in [0.25, 0.3) is 5.91 Å². The number of benzene rings is 1. The molecule has 0 heterocycles. The molecule has 23 heavy (non-hydrogen) atoms. The molecule has 126 valence electrons. The van der Waals surface area contributed by atoms with Crippen LogP contribution >= 0.6 is 0 Å². The van der Waals surface area contributed by atoms with Gasteiger partial charge in [-0.3, -0.25) is 9.59 Å². The third-order valence-corrected chi connectivity index (χ3v) is 3.17. The number of carbonyl (C=O) groups is 2. The van der Waals surface area contributed by atoms with Crippen molar-refractivity contribution >= 4 is 23.3 Å². The zero-order chi connectivity index (χ0) is 17.2. The Morgan fingerprint density at radius 2 is 1.91 bits per heavy atom. The molecule has 1 unspecified atom stereocenters. The molecule has 0 fully saturated rings. The Morgan fingerprint density at radius 3 is 2.48 bits per heavy atom. The quantitative estimate of drug-likeness (QED) is 0.433. The molecule has 1 aromatic rings. The summed E-state index contributed by atoms with van der Waals surface area (Å²) >= 11 is 0. The van der Waals surface area contributed by atoms with Crippen molar-refractivity contribution in [2.45, 2.75) is 20.8 Å². The summed E-state index contributed by atoms with van der Waals surface area (Å²) in [6.45, 7) is 5.46. The van der Waals surface area contributed by atoms with Crippen molar-refractivity contribution in [3.8, 4) is 5.75 Å². The van der Waals surface area contributed by atoms with Gasteiger partial charge in [-0.15, -0.1) is 0 Å². The van der Waals surface area contributed by atoms with Crippen LogP contribution in [-0.2, 0) is 14.3 Å². The van der Waals surface area contributed by atoms with E-state index >= 15 is 0 Å². The molecule has 0 saturated heterocycles. The standard InChI is InChI=1S/C16H23N3O4/c1-5-23-16(21)11(2)12(3)18-19-15(20)10-17-13-6-8-14(22-4)9-7-13/h6-9,11,17H,5,10H2,1-4H3,(H,19,20)/b18-12-. The van der Waals surface area contributed by atoms with Crippen molar-refractivity contribution in [3.05, 3.63) is 24.3 Å². The fraction of sp³-hybridized carbons (Fsp3) is 0.438. The van der Waals surface area contributed by atoms with Gasteiger partial charge in [-0.05, 0) is 45.0 Å². The Morgan fingerprint density at radius 1 is 1.26 bits per heavy atom. The Balaban J connectivity index is 2.43. The molecule has 0 aliphatic carbocycles. The highest BCUT2D eigenvalue weighted by molar-refractivity contribution is 6.00. The molecule has 0 aliphatic heterocycles. The summed E-state index contributed by atoms with van der Waals surface area (Å²) in [5.41, 5.74) is 3.69. The average Bonchev–Trinajstić information content (AvgIpc) is 2.57. The van der Waals surface area contributed by atoms with Gasteiger partial charge >= 0.3 is 5.97 Å². The van der Waals surface area contributed by atoms with Crippen molar-refractivity contribution in [2.75, 3.05) is 25.6 Å². The molecule has 7 nitrogen and oxygen atoms in total. The lowest BCUT2D eigenvalue weighted by atomic mass is 10.1. The maximum atomic E-state index is 11.7. The topological polar surface area (TPSA) is 89.0 Å². The number of amides is 1. The zero-order valence-electron chi connectivity index (χ0n) is 13.9. The second-order valence-corrected chi connectivity index (χ2v) is 4.84. The number of carbonyl (C=O) groups excluding carboxylic acids is 2. The van der Waals surface area contributed by atoms with E-state index in [1.54, 1.807) is 40.0 Å². The number of hydrogen-bond donors (Lipinski definition) is 2. The van der Waals surface area contributed by atoms with Crippen LogP contribution in [0, 0.1) is 5.92 Å². The van der Waals surface area contributed by atoms with E-state index in [0.717, 1.165) is 11.4 Å². The van der Waals surface area contributed by atoms with E-state index in [2.05, 4.69) is 15.8 Å². The van der Waals surface area contributed by atoms with Crippen molar-refractivity contribution in [2.24, 2.45) is 11.0 Å². The molecule has 0 aliphatic rings. The predicted molar refractivity (Wildman–Crippen MR) is 88.5 cm³/mol. The number of ether oxygens (including phenoxy) is 2. The predicted octanol–water partition coefficient (Wildman–Crippen LogP) is 1.80. The number of methoxy groups -OCH3 is 1. The fourth-order valence-electron chi connectivity index (χ4n) is 1.62. The number of rotatable bonds is 8. The number of nitrogens with zero attached hydrogens (tertiary/aromatic N) is 1. The minimum Gasteiger partial charge on any atom is -0.497 e. The summed E-state index contributed by atoms with van der Waals surface area (Å²) in [5.74, 6) is -0.423. The first-order chi connectivity index (χ1) is 11.0. The van der Waals surface area contributed by atoms with Gasteiger partial charge in [0.2, 0.25) is 0 Å². The summed E-state index contributed by atoms with van der Waals surface area (Å²) in [5, 5.41) is 6.89. The van der Waals surface area contributed by atoms with Crippen molar-refractivity contribution in [3.63, 3.8) is 0 Å². The van der Waals surface area contributed by atoms with Crippen LogP contribution in [0.15, 0.2) is 29.4 Å². The number of hydrogen-bond acceptors (Lipinski definition) is 6. The Kier molecular flexibility index (Phi) is 7.59. The zero-order valence-corrected chi connectivity index (χ0v) is 13.9. The van der Waals surface area contributed by atoms with Gasteiger partial charge in [0.1, 0.15) is 5.75 Å². The van der Waals surface area contributed by atoms with E-state index in [-0.39, 0.29) is 18.4 Å². The van der Waals surface area contributed by atoms with Crippen LogP contribution < -0.4 is 15.5 Å². The molecule has 7 heteroatoms. The van der Waals surface area contributed by atoms with E-state index in [1.165, 1.54) is 0 Å². The lowest BCUT2D eigenvalue weighted by Gasteiger charge is -2.10. The summed E-state index contributed by atoms with van der Waals surface area (Å²) in [7, 11) is 1.59. The first-order valence-corrected chi connectivity index (χ1v) is 7.35.